The number of fused-ring (bicyclic) bond motifs is 6. The Morgan fingerprint density at radius 2 is 0.547 bits per heavy atom. The van der Waals surface area contributed by atoms with E-state index < -0.39 is 34.6 Å². The lowest BCUT2D eigenvalue weighted by Gasteiger charge is -2.26. The molecule has 0 saturated carbocycles. The molecule has 0 saturated heterocycles. The third-order valence-electron chi connectivity index (χ3n) is 15.7. The third-order valence-corrected chi connectivity index (χ3v) is 15.7. The standard InChI is InChI=1S/C73H37F6N7/c1-80-58-24-10-6-17-47(58)43-31-35-63-52(39-43)53-40-44(48-18-7-11-25-59(48)81-2)32-36-64(53)85(63)67-29-14-21-51(69-56(72(74,75)76)22-15-23-57(69)73(77,78)79)70(67)71-62(84-5)28-16-30-68(71)86-65-37-33-45(49-19-8-12-26-60(49)82-3)41-54(65)55-42-46(34-38-66(55)86)50-20-9-13-27-61(50)83-4/h6-42H. The maximum Gasteiger partial charge on any atom is 0.417 e. The Bertz CT molecular complexity index is 4980. The summed E-state index contributed by atoms with van der Waals surface area (Å²) in [6.07, 6.45) is -10.6. The minimum Gasteiger partial charge on any atom is -0.310 e. The molecule has 0 atom stereocenters. The third kappa shape index (κ3) is 8.74. The predicted molar refractivity (Wildman–Crippen MR) is 329 cm³/mol. The van der Waals surface area contributed by atoms with Crippen molar-refractivity contribution in [1.29, 1.82) is 0 Å². The number of aromatic nitrogens is 2. The van der Waals surface area contributed by atoms with Crippen molar-refractivity contribution in [2.75, 3.05) is 0 Å². The Kier molecular flexibility index (Phi) is 12.9. The van der Waals surface area contributed by atoms with Gasteiger partial charge in [0.25, 0.3) is 0 Å². The highest BCUT2D eigenvalue weighted by Crippen LogP contribution is 2.54. The molecule has 11 aromatic carbocycles. The summed E-state index contributed by atoms with van der Waals surface area (Å²) in [5.41, 5.74) is 4.33. The molecule has 13 aromatic rings. The number of alkyl halides is 6. The van der Waals surface area contributed by atoms with Crippen LogP contribution in [-0.2, 0) is 12.4 Å². The molecule has 0 N–H and O–H groups in total. The lowest BCUT2D eigenvalue weighted by molar-refractivity contribution is -0.142. The number of hydrogen-bond acceptors (Lipinski definition) is 0. The van der Waals surface area contributed by atoms with Crippen LogP contribution in [0.25, 0.3) is 146 Å². The first kappa shape index (κ1) is 53.4. The largest absolute Gasteiger partial charge is 0.417 e. The molecule has 0 aliphatic carbocycles. The second-order valence-corrected chi connectivity index (χ2v) is 20.3. The van der Waals surface area contributed by atoms with E-state index in [1.165, 1.54) is 18.2 Å². The van der Waals surface area contributed by atoms with Gasteiger partial charge in [0.05, 0.1) is 71.7 Å². The molecule has 0 radical (unpaired) electrons. The van der Waals surface area contributed by atoms with Crippen LogP contribution in [0.1, 0.15) is 11.1 Å². The molecular weight excluding hydrogens is 1090 g/mol. The van der Waals surface area contributed by atoms with Crippen LogP contribution in [0.15, 0.2) is 224 Å². The van der Waals surface area contributed by atoms with Crippen LogP contribution >= 0.6 is 0 Å². The minimum atomic E-state index is -5.31. The summed E-state index contributed by atoms with van der Waals surface area (Å²) in [5.74, 6) is 0. The van der Waals surface area contributed by atoms with E-state index in [9.17, 15) is 0 Å². The molecule has 0 bridgehead atoms. The van der Waals surface area contributed by atoms with E-state index >= 15 is 26.3 Å². The lowest BCUT2D eigenvalue weighted by Crippen LogP contribution is -2.15. The van der Waals surface area contributed by atoms with Crippen LogP contribution < -0.4 is 0 Å². The molecule has 0 spiro atoms. The quantitative estimate of drug-likeness (QED) is 0.107. The second-order valence-electron chi connectivity index (χ2n) is 20.3. The minimum absolute atomic E-state index is 0.0158. The van der Waals surface area contributed by atoms with Crippen molar-refractivity contribution in [3.05, 3.63) is 293 Å². The predicted octanol–water partition coefficient (Wildman–Crippen LogP) is 22.7. The molecule has 2 aromatic heterocycles. The van der Waals surface area contributed by atoms with Gasteiger partial charge in [0.1, 0.15) is 0 Å². The van der Waals surface area contributed by atoms with Gasteiger partial charge in [-0.15, -0.1) is 0 Å². The van der Waals surface area contributed by atoms with Crippen LogP contribution in [-0.4, -0.2) is 9.13 Å². The average molecular weight is 1130 g/mol. The highest BCUT2D eigenvalue weighted by molar-refractivity contribution is 6.16. The van der Waals surface area contributed by atoms with Crippen LogP contribution in [0.4, 0.5) is 54.8 Å². The Hall–Kier alpha value is -12.0. The second kappa shape index (κ2) is 20.8. The Morgan fingerprint density at radius 1 is 0.267 bits per heavy atom. The van der Waals surface area contributed by atoms with E-state index in [0.717, 1.165) is 6.07 Å². The molecular formula is C73H37F6N7. The van der Waals surface area contributed by atoms with E-state index in [0.29, 0.717) is 123 Å². The van der Waals surface area contributed by atoms with Crippen molar-refractivity contribution in [3.63, 3.8) is 0 Å². The van der Waals surface area contributed by atoms with Crippen molar-refractivity contribution < 1.29 is 26.3 Å². The smallest absolute Gasteiger partial charge is 0.310 e. The van der Waals surface area contributed by atoms with Crippen LogP contribution in [0.5, 0.6) is 0 Å². The number of benzene rings is 11. The van der Waals surface area contributed by atoms with Crippen molar-refractivity contribution in [3.8, 4) is 78.1 Å². The zero-order valence-electron chi connectivity index (χ0n) is 44.8. The molecule has 0 aliphatic rings. The van der Waals surface area contributed by atoms with Crippen LogP contribution in [0.3, 0.4) is 0 Å². The van der Waals surface area contributed by atoms with E-state index in [-0.39, 0.29) is 28.2 Å². The average Bonchev–Trinajstić information content (AvgIpc) is 1.53. The molecule has 86 heavy (non-hydrogen) atoms. The molecule has 13 rings (SSSR count). The number of para-hydroxylation sites is 4. The molecule has 0 fully saturated rings. The van der Waals surface area contributed by atoms with Crippen molar-refractivity contribution >= 4 is 72.0 Å². The highest BCUT2D eigenvalue weighted by atomic mass is 19.4. The van der Waals surface area contributed by atoms with Gasteiger partial charge in [-0.1, -0.05) is 152 Å². The first-order chi connectivity index (χ1) is 41.7. The van der Waals surface area contributed by atoms with E-state index in [1.807, 2.05) is 126 Å². The van der Waals surface area contributed by atoms with Gasteiger partial charge in [0, 0.05) is 43.9 Å². The topological polar surface area (TPSA) is 31.7 Å². The fraction of sp³-hybridized carbons (Fsp3) is 0.0274. The lowest BCUT2D eigenvalue weighted by atomic mass is 9.86. The van der Waals surface area contributed by atoms with E-state index in [2.05, 4.69) is 24.2 Å². The van der Waals surface area contributed by atoms with Gasteiger partial charge in [-0.05, 0) is 123 Å². The summed E-state index contributed by atoms with van der Waals surface area (Å²) in [6, 6.07) is 61.9. The summed E-state index contributed by atoms with van der Waals surface area (Å²) < 4.78 is 98.4. The Balaban J connectivity index is 1.20. The molecule has 2 heterocycles. The van der Waals surface area contributed by atoms with Crippen LogP contribution in [0.2, 0.25) is 0 Å². The summed E-state index contributed by atoms with van der Waals surface area (Å²) in [7, 11) is 0. The number of halogens is 6. The first-order valence-corrected chi connectivity index (χ1v) is 26.7. The van der Waals surface area contributed by atoms with Crippen molar-refractivity contribution in [1.82, 2.24) is 9.13 Å². The molecule has 0 amide bonds. The van der Waals surface area contributed by atoms with Crippen molar-refractivity contribution in [2.24, 2.45) is 0 Å². The monoisotopic (exact) mass is 1130 g/mol. The summed E-state index contributed by atoms with van der Waals surface area (Å²) in [5, 5.41) is 2.52. The molecule has 0 aliphatic heterocycles. The maximum atomic E-state index is 15.8. The van der Waals surface area contributed by atoms with Gasteiger partial charge in [0.15, 0.2) is 28.4 Å². The van der Waals surface area contributed by atoms with Crippen molar-refractivity contribution in [2.45, 2.75) is 12.4 Å². The zero-order chi connectivity index (χ0) is 59.6. The fourth-order valence-electron chi connectivity index (χ4n) is 12.1. The molecule has 406 valence electrons. The maximum absolute atomic E-state index is 15.8. The molecule has 0 unspecified atom stereocenters. The highest BCUT2D eigenvalue weighted by Gasteiger charge is 2.42. The van der Waals surface area contributed by atoms with Gasteiger partial charge >= 0.3 is 12.4 Å². The number of rotatable bonds is 8. The SMILES string of the molecule is [C-]#[N+]c1ccccc1-c1ccc2c(c1)c1cc(-c3ccccc3[N+]#[C-])ccc1n2-c1cccc([N+]#[C-])c1-c1c(-c2c(C(F)(F)F)cccc2C(F)(F)F)cccc1-n1c2ccc(-c3ccccc3[N+]#[C-])cc2c2cc(-c3ccccc3[N+]#[C-])ccc21. The van der Waals surface area contributed by atoms with Gasteiger partial charge in [-0.3, -0.25) is 0 Å². The van der Waals surface area contributed by atoms with Crippen LogP contribution in [0, 0.1) is 32.9 Å². The van der Waals surface area contributed by atoms with E-state index in [1.54, 1.807) is 71.3 Å². The fourth-order valence-corrected chi connectivity index (χ4v) is 12.1. The summed E-state index contributed by atoms with van der Waals surface area (Å²) in [4.78, 5) is 19.2. The summed E-state index contributed by atoms with van der Waals surface area (Å²) >= 11 is 0. The van der Waals surface area contributed by atoms with Gasteiger partial charge in [-0.2, -0.15) is 26.3 Å². The first-order valence-electron chi connectivity index (χ1n) is 26.7. The normalized spacial score (nSPS) is 11.5. The summed E-state index contributed by atoms with van der Waals surface area (Å²) in [6.45, 7) is 41.0. The van der Waals surface area contributed by atoms with Gasteiger partial charge < -0.3 is 9.13 Å². The van der Waals surface area contributed by atoms with Gasteiger partial charge in [-0.25, -0.2) is 24.2 Å². The van der Waals surface area contributed by atoms with Gasteiger partial charge in [0.2, 0.25) is 0 Å². The number of nitrogens with zero attached hydrogens (tertiary/aromatic N) is 7. The molecule has 7 nitrogen and oxygen atoms in total. The molecule has 13 heteroatoms. The number of hydrogen-bond donors (Lipinski definition) is 0. The Morgan fingerprint density at radius 3 is 0.872 bits per heavy atom. The zero-order valence-corrected chi connectivity index (χ0v) is 44.8. The van der Waals surface area contributed by atoms with E-state index in [4.69, 9.17) is 32.9 Å². The Labute approximate surface area is 488 Å².